The number of rotatable bonds is 3. The number of fused-ring (bicyclic) bond motifs is 1. The maximum Gasteiger partial charge on any atom is 0.338 e. The highest BCUT2D eigenvalue weighted by atomic mass is 35.5. The number of nitrogens with zero attached hydrogens (tertiary/aromatic N) is 2. The molecule has 28 heavy (non-hydrogen) atoms. The summed E-state index contributed by atoms with van der Waals surface area (Å²) in [7, 11) is 1.31. The summed E-state index contributed by atoms with van der Waals surface area (Å²) in [4.78, 5) is 31.8. The van der Waals surface area contributed by atoms with Crippen molar-refractivity contribution in [2.45, 2.75) is 13.0 Å². The standard InChI is InChI=1S/C20H15ClN2O3S2/c1-11-16(19(25)26-2)17(13-7-3-4-8-14(13)21)23-18(24)15(28-20(23)22-11)10-12-6-5-9-27-12/h3-10,17H,1-2H3/b15-10+. The summed E-state index contributed by atoms with van der Waals surface area (Å²) in [5, 5.41) is 2.42. The Balaban J connectivity index is 2.03. The molecule has 0 N–H and O–H groups in total. The lowest BCUT2D eigenvalue weighted by molar-refractivity contribution is -0.136. The summed E-state index contributed by atoms with van der Waals surface area (Å²) in [6.45, 7) is 1.74. The predicted octanol–water partition coefficient (Wildman–Crippen LogP) is 3.12. The third kappa shape index (κ3) is 3.15. The van der Waals surface area contributed by atoms with Crippen LogP contribution in [0.15, 0.2) is 62.8 Å². The normalized spacial score (nSPS) is 16.7. The number of benzene rings is 1. The number of hydrogen-bond acceptors (Lipinski definition) is 6. The fourth-order valence-electron chi connectivity index (χ4n) is 3.19. The van der Waals surface area contributed by atoms with Gasteiger partial charge in [0, 0.05) is 9.90 Å². The number of esters is 1. The van der Waals surface area contributed by atoms with Crippen molar-refractivity contribution in [3.05, 3.63) is 88.2 Å². The van der Waals surface area contributed by atoms with Crippen LogP contribution < -0.4 is 14.9 Å². The van der Waals surface area contributed by atoms with Gasteiger partial charge in [0.2, 0.25) is 0 Å². The van der Waals surface area contributed by atoms with Gasteiger partial charge < -0.3 is 4.74 Å². The van der Waals surface area contributed by atoms with E-state index in [0.29, 0.717) is 31.2 Å². The van der Waals surface area contributed by atoms with Crippen LogP contribution >= 0.6 is 34.3 Å². The molecule has 142 valence electrons. The van der Waals surface area contributed by atoms with E-state index in [1.807, 2.05) is 35.7 Å². The Bertz CT molecular complexity index is 1270. The van der Waals surface area contributed by atoms with E-state index in [2.05, 4.69) is 4.99 Å². The highest BCUT2D eigenvalue weighted by Crippen LogP contribution is 2.34. The van der Waals surface area contributed by atoms with Crippen LogP contribution in [0.4, 0.5) is 0 Å². The molecule has 3 aromatic rings. The molecular weight excluding hydrogens is 416 g/mol. The average molecular weight is 431 g/mol. The van der Waals surface area contributed by atoms with Crippen molar-refractivity contribution in [2.24, 2.45) is 4.99 Å². The minimum atomic E-state index is -0.692. The van der Waals surface area contributed by atoms with Gasteiger partial charge in [-0.1, -0.05) is 47.2 Å². The van der Waals surface area contributed by atoms with E-state index in [1.54, 1.807) is 30.4 Å². The zero-order chi connectivity index (χ0) is 19.8. The first-order chi connectivity index (χ1) is 13.5. The maximum absolute atomic E-state index is 13.3. The van der Waals surface area contributed by atoms with Gasteiger partial charge in [-0.25, -0.2) is 9.79 Å². The largest absolute Gasteiger partial charge is 0.466 e. The van der Waals surface area contributed by atoms with E-state index in [1.165, 1.54) is 23.0 Å². The summed E-state index contributed by atoms with van der Waals surface area (Å²) in [5.41, 5.74) is 1.27. The molecule has 1 aliphatic heterocycles. The Labute approximate surface area is 173 Å². The molecule has 5 nitrogen and oxygen atoms in total. The molecule has 4 rings (SSSR count). The lowest BCUT2D eigenvalue weighted by Gasteiger charge is -2.25. The van der Waals surface area contributed by atoms with Crippen LogP contribution in [0.1, 0.15) is 23.4 Å². The highest BCUT2D eigenvalue weighted by Gasteiger charge is 2.34. The first-order valence-corrected chi connectivity index (χ1v) is 10.5. The molecule has 0 bridgehead atoms. The number of allylic oxidation sites excluding steroid dienone is 1. The summed E-state index contributed by atoms with van der Waals surface area (Å²) in [5.74, 6) is -0.529. The molecule has 0 radical (unpaired) electrons. The molecule has 0 amide bonds. The molecule has 1 atom stereocenters. The van der Waals surface area contributed by atoms with E-state index in [0.717, 1.165) is 4.88 Å². The minimum absolute atomic E-state index is 0.212. The topological polar surface area (TPSA) is 60.7 Å². The van der Waals surface area contributed by atoms with Gasteiger partial charge in [-0.15, -0.1) is 11.3 Å². The zero-order valence-electron chi connectivity index (χ0n) is 15.0. The van der Waals surface area contributed by atoms with Crippen LogP contribution in [0.5, 0.6) is 0 Å². The zero-order valence-corrected chi connectivity index (χ0v) is 17.4. The number of hydrogen-bond donors (Lipinski definition) is 0. The van der Waals surface area contributed by atoms with Gasteiger partial charge in [-0.2, -0.15) is 0 Å². The van der Waals surface area contributed by atoms with Crippen molar-refractivity contribution in [1.82, 2.24) is 4.57 Å². The summed E-state index contributed by atoms with van der Waals surface area (Å²) < 4.78 is 7.07. The predicted molar refractivity (Wildman–Crippen MR) is 112 cm³/mol. The molecule has 3 heterocycles. The number of methoxy groups -OCH3 is 1. The van der Waals surface area contributed by atoms with Gasteiger partial charge in [0.05, 0.1) is 22.9 Å². The van der Waals surface area contributed by atoms with Gasteiger partial charge >= 0.3 is 5.97 Å². The Morgan fingerprint density at radius 3 is 2.75 bits per heavy atom. The number of ether oxygens (including phenoxy) is 1. The van der Waals surface area contributed by atoms with E-state index in [4.69, 9.17) is 16.3 Å². The van der Waals surface area contributed by atoms with Crippen molar-refractivity contribution in [3.8, 4) is 0 Å². The van der Waals surface area contributed by atoms with Crippen LogP contribution in [-0.2, 0) is 9.53 Å². The van der Waals surface area contributed by atoms with Gasteiger partial charge in [-0.05, 0) is 36.1 Å². The van der Waals surface area contributed by atoms with Crippen molar-refractivity contribution in [3.63, 3.8) is 0 Å². The Kier molecular flexibility index (Phi) is 5.05. The summed E-state index contributed by atoms with van der Waals surface area (Å²) in [6.07, 6.45) is 1.84. The van der Waals surface area contributed by atoms with E-state index in [9.17, 15) is 9.59 Å². The van der Waals surface area contributed by atoms with E-state index >= 15 is 0 Å². The monoisotopic (exact) mass is 430 g/mol. The number of carbonyl (C=O) groups excluding carboxylic acids is 1. The SMILES string of the molecule is COC(=O)C1=C(C)N=c2s/c(=C/c3cccs3)c(=O)n2C1c1ccccc1Cl. The van der Waals surface area contributed by atoms with Crippen molar-refractivity contribution >= 4 is 46.3 Å². The number of aromatic nitrogens is 1. The van der Waals surface area contributed by atoms with Gasteiger partial charge in [0.15, 0.2) is 4.80 Å². The lowest BCUT2D eigenvalue weighted by atomic mass is 9.96. The second kappa shape index (κ2) is 7.50. The Hall–Kier alpha value is -2.48. The Morgan fingerprint density at radius 2 is 2.07 bits per heavy atom. The second-order valence-electron chi connectivity index (χ2n) is 6.11. The first kappa shape index (κ1) is 18.9. The quantitative estimate of drug-likeness (QED) is 0.600. The van der Waals surface area contributed by atoms with Gasteiger partial charge in [0.25, 0.3) is 5.56 Å². The molecule has 0 saturated heterocycles. The second-order valence-corrected chi connectivity index (χ2v) is 8.51. The molecule has 2 aromatic heterocycles. The van der Waals surface area contributed by atoms with Crippen LogP contribution in [0, 0.1) is 0 Å². The van der Waals surface area contributed by atoms with Crippen LogP contribution in [0.3, 0.4) is 0 Å². The maximum atomic E-state index is 13.3. The fraction of sp³-hybridized carbons (Fsp3) is 0.150. The lowest BCUT2D eigenvalue weighted by Crippen LogP contribution is -2.39. The molecule has 8 heteroatoms. The number of thiophene rings is 1. The fourth-order valence-corrected chi connectivity index (χ4v) is 5.19. The smallest absolute Gasteiger partial charge is 0.338 e. The van der Waals surface area contributed by atoms with Gasteiger partial charge in [0.1, 0.15) is 6.04 Å². The van der Waals surface area contributed by atoms with Crippen LogP contribution in [0.25, 0.3) is 6.08 Å². The molecule has 1 unspecified atom stereocenters. The molecule has 0 fully saturated rings. The molecule has 0 aliphatic carbocycles. The number of thiazole rings is 1. The van der Waals surface area contributed by atoms with Crippen LogP contribution in [0.2, 0.25) is 5.02 Å². The summed E-state index contributed by atoms with van der Waals surface area (Å²) >= 11 is 9.28. The molecular formula is C20H15ClN2O3S2. The van der Waals surface area contributed by atoms with Crippen molar-refractivity contribution in [1.29, 1.82) is 0 Å². The molecule has 1 aliphatic rings. The first-order valence-electron chi connectivity index (χ1n) is 8.40. The summed E-state index contributed by atoms with van der Waals surface area (Å²) in [6, 6.07) is 10.4. The minimum Gasteiger partial charge on any atom is -0.466 e. The molecule has 0 saturated carbocycles. The third-order valence-corrected chi connectivity index (χ3v) is 6.59. The average Bonchev–Trinajstić information content (AvgIpc) is 3.29. The number of carbonyl (C=O) groups is 1. The van der Waals surface area contributed by atoms with Crippen LogP contribution in [-0.4, -0.2) is 17.6 Å². The Morgan fingerprint density at radius 1 is 1.29 bits per heavy atom. The van der Waals surface area contributed by atoms with Gasteiger partial charge in [-0.3, -0.25) is 9.36 Å². The number of halogens is 1. The van der Waals surface area contributed by atoms with E-state index < -0.39 is 12.0 Å². The highest BCUT2D eigenvalue weighted by molar-refractivity contribution is 7.11. The molecule has 0 spiro atoms. The van der Waals surface area contributed by atoms with E-state index in [-0.39, 0.29) is 5.56 Å². The van der Waals surface area contributed by atoms with Crippen molar-refractivity contribution < 1.29 is 9.53 Å². The molecule has 1 aromatic carbocycles. The third-order valence-electron chi connectivity index (χ3n) is 4.44. The van der Waals surface area contributed by atoms with Crippen molar-refractivity contribution in [2.75, 3.05) is 7.11 Å².